The number of rotatable bonds is 5. The molecule has 0 N–H and O–H groups in total. The zero-order chi connectivity index (χ0) is 9.90. The van der Waals surface area contributed by atoms with Crippen molar-refractivity contribution in [3.8, 4) is 0 Å². The Hall–Kier alpha value is 0.210. The lowest BCUT2D eigenvalue weighted by atomic mass is 9.68. The van der Waals surface area contributed by atoms with Crippen molar-refractivity contribution in [3.05, 3.63) is 0 Å². The molecule has 2 nitrogen and oxygen atoms in total. The van der Waals surface area contributed by atoms with Crippen LogP contribution in [0.1, 0.15) is 27.2 Å². The van der Waals surface area contributed by atoms with E-state index < -0.39 is 0 Å². The van der Waals surface area contributed by atoms with E-state index in [1.54, 1.807) is 0 Å². The van der Waals surface area contributed by atoms with Gasteiger partial charge in [0.15, 0.2) is 0 Å². The van der Waals surface area contributed by atoms with Gasteiger partial charge in [-0.25, -0.2) is 0 Å². The Morgan fingerprint density at radius 3 is 2.54 bits per heavy atom. The average Bonchev–Trinajstić information content (AvgIpc) is 2.10. The minimum absolute atomic E-state index is 0.133. The SMILES string of the molecule is CCOCCOC1CC(Cl)C1(C)C. The smallest absolute Gasteiger partial charge is 0.0704 e. The van der Waals surface area contributed by atoms with Gasteiger partial charge < -0.3 is 9.47 Å². The van der Waals surface area contributed by atoms with E-state index in [2.05, 4.69) is 13.8 Å². The van der Waals surface area contributed by atoms with Gasteiger partial charge in [0.05, 0.1) is 19.3 Å². The summed E-state index contributed by atoms with van der Waals surface area (Å²) < 4.78 is 10.8. The van der Waals surface area contributed by atoms with Crippen molar-refractivity contribution in [2.45, 2.75) is 38.7 Å². The quantitative estimate of drug-likeness (QED) is 0.508. The second-order valence-corrected chi connectivity index (χ2v) is 4.61. The Labute approximate surface area is 85.5 Å². The number of ether oxygens (including phenoxy) is 2. The Morgan fingerprint density at radius 1 is 1.38 bits per heavy atom. The molecule has 0 bridgehead atoms. The molecule has 0 aliphatic heterocycles. The fraction of sp³-hybridized carbons (Fsp3) is 1.00. The summed E-state index contributed by atoms with van der Waals surface area (Å²) in [6.07, 6.45) is 1.29. The molecule has 13 heavy (non-hydrogen) atoms. The third kappa shape index (κ3) is 2.58. The van der Waals surface area contributed by atoms with Crippen LogP contribution in [0.25, 0.3) is 0 Å². The van der Waals surface area contributed by atoms with Gasteiger partial charge >= 0.3 is 0 Å². The molecule has 3 heteroatoms. The van der Waals surface area contributed by atoms with E-state index in [0.717, 1.165) is 13.0 Å². The van der Waals surface area contributed by atoms with Crippen molar-refractivity contribution in [2.24, 2.45) is 5.41 Å². The Morgan fingerprint density at radius 2 is 2.08 bits per heavy atom. The maximum atomic E-state index is 6.06. The van der Waals surface area contributed by atoms with Gasteiger partial charge in [-0.2, -0.15) is 0 Å². The largest absolute Gasteiger partial charge is 0.379 e. The van der Waals surface area contributed by atoms with Gasteiger partial charge in [-0.15, -0.1) is 11.6 Å². The fourth-order valence-corrected chi connectivity index (χ4v) is 1.82. The maximum absolute atomic E-state index is 6.06. The molecule has 2 atom stereocenters. The summed E-state index contributed by atoms with van der Waals surface area (Å²) in [5.74, 6) is 0. The Kier molecular flexibility index (Phi) is 4.02. The van der Waals surface area contributed by atoms with Gasteiger partial charge in [0.2, 0.25) is 0 Å². The van der Waals surface area contributed by atoms with E-state index in [1.807, 2.05) is 6.92 Å². The molecule has 0 aromatic rings. The van der Waals surface area contributed by atoms with Crippen LogP contribution >= 0.6 is 11.6 Å². The molecule has 1 aliphatic carbocycles. The number of halogens is 1. The highest BCUT2D eigenvalue weighted by Crippen LogP contribution is 2.46. The first-order chi connectivity index (χ1) is 6.09. The van der Waals surface area contributed by atoms with Gasteiger partial charge in [-0.1, -0.05) is 13.8 Å². The van der Waals surface area contributed by atoms with Gasteiger partial charge in [0.25, 0.3) is 0 Å². The first kappa shape index (κ1) is 11.3. The summed E-state index contributed by atoms with van der Waals surface area (Å²) in [7, 11) is 0. The zero-order valence-electron chi connectivity index (χ0n) is 8.68. The highest BCUT2D eigenvalue weighted by molar-refractivity contribution is 6.21. The zero-order valence-corrected chi connectivity index (χ0v) is 9.43. The normalized spacial score (nSPS) is 31.4. The van der Waals surface area contributed by atoms with E-state index >= 15 is 0 Å². The van der Waals surface area contributed by atoms with E-state index in [-0.39, 0.29) is 10.8 Å². The summed E-state index contributed by atoms with van der Waals surface area (Å²) in [6, 6.07) is 0. The molecule has 0 saturated heterocycles. The number of hydrogen-bond donors (Lipinski definition) is 0. The van der Waals surface area contributed by atoms with E-state index in [9.17, 15) is 0 Å². The lowest BCUT2D eigenvalue weighted by Gasteiger charge is -2.48. The second-order valence-electron chi connectivity index (χ2n) is 4.08. The molecular weight excluding hydrogens is 188 g/mol. The number of hydrogen-bond acceptors (Lipinski definition) is 2. The predicted octanol–water partition coefficient (Wildman–Crippen LogP) is 2.45. The molecule has 78 valence electrons. The monoisotopic (exact) mass is 206 g/mol. The van der Waals surface area contributed by atoms with Gasteiger partial charge in [0.1, 0.15) is 0 Å². The minimum Gasteiger partial charge on any atom is -0.379 e. The van der Waals surface area contributed by atoms with Crippen molar-refractivity contribution >= 4 is 11.6 Å². The molecule has 0 radical (unpaired) electrons. The third-order valence-corrected chi connectivity index (χ3v) is 3.55. The van der Waals surface area contributed by atoms with Crippen LogP contribution in [0.3, 0.4) is 0 Å². The van der Waals surface area contributed by atoms with Crippen LogP contribution in [-0.4, -0.2) is 31.3 Å². The summed E-state index contributed by atoms with van der Waals surface area (Å²) in [6.45, 7) is 8.43. The van der Waals surface area contributed by atoms with Crippen molar-refractivity contribution in [3.63, 3.8) is 0 Å². The number of alkyl halides is 1. The molecule has 1 fully saturated rings. The molecule has 0 amide bonds. The Balaban J connectivity index is 2.10. The molecule has 2 unspecified atom stereocenters. The van der Waals surface area contributed by atoms with Crippen LogP contribution in [0.2, 0.25) is 0 Å². The van der Waals surface area contributed by atoms with Gasteiger partial charge in [-0.3, -0.25) is 0 Å². The molecular formula is C10H19ClO2. The second kappa shape index (κ2) is 4.63. The third-order valence-electron chi connectivity index (χ3n) is 2.81. The molecule has 1 aliphatic rings. The van der Waals surface area contributed by atoms with Crippen molar-refractivity contribution in [2.75, 3.05) is 19.8 Å². The fourth-order valence-electron chi connectivity index (χ4n) is 1.51. The summed E-state index contributed by atoms with van der Waals surface area (Å²) in [5.41, 5.74) is 0.133. The van der Waals surface area contributed by atoms with E-state index in [4.69, 9.17) is 21.1 Å². The molecule has 0 aromatic heterocycles. The predicted molar refractivity (Wildman–Crippen MR) is 54.3 cm³/mol. The van der Waals surface area contributed by atoms with E-state index in [1.165, 1.54) is 0 Å². The summed E-state index contributed by atoms with van der Waals surface area (Å²) >= 11 is 6.06. The standard InChI is InChI=1S/C10H19ClO2/c1-4-12-5-6-13-9-7-8(11)10(9,2)3/h8-9H,4-7H2,1-3H3. The average molecular weight is 207 g/mol. The van der Waals surface area contributed by atoms with Crippen molar-refractivity contribution < 1.29 is 9.47 Å². The van der Waals surface area contributed by atoms with Crippen LogP contribution in [0, 0.1) is 5.41 Å². The summed E-state index contributed by atoms with van der Waals surface area (Å²) in [4.78, 5) is 0. The highest BCUT2D eigenvalue weighted by Gasteiger charge is 2.47. The first-order valence-electron chi connectivity index (χ1n) is 4.92. The topological polar surface area (TPSA) is 18.5 Å². The van der Waals surface area contributed by atoms with Gasteiger partial charge in [0, 0.05) is 17.4 Å². The van der Waals surface area contributed by atoms with E-state index in [0.29, 0.717) is 19.3 Å². The molecule has 0 aromatic carbocycles. The van der Waals surface area contributed by atoms with Crippen molar-refractivity contribution in [1.29, 1.82) is 0 Å². The molecule has 1 rings (SSSR count). The van der Waals surface area contributed by atoms with Crippen molar-refractivity contribution in [1.82, 2.24) is 0 Å². The van der Waals surface area contributed by atoms with Crippen LogP contribution in [0.15, 0.2) is 0 Å². The van der Waals surface area contributed by atoms with Crippen LogP contribution < -0.4 is 0 Å². The maximum Gasteiger partial charge on any atom is 0.0704 e. The Bertz CT molecular complexity index is 159. The van der Waals surface area contributed by atoms with Crippen LogP contribution in [0.5, 0.6) is 0 Å². The first-order valence-corrected chi connectivity index (χ1v) is 5.36. The highest BCUT2D eigenvalue weighted by atomic mass is 35.5. The minimum atomic E-state index is 0.133. The van der Waals surface area contributed by atoms with Gasteiger partial charge in [-0.05, 0) is 13.3 Å². The molecule has 0 spiro atoms. The molecule has 0 heterocycles. The molecule has 1 saturated carbocycles. The van der Waals surface area contributed by atoms with Crippen LogP contribution in [0.4, 0.5) is 0 Å². The van der Waals surface area contributed by atoms with Crippen LogP contribution in [-0.2, 0) is 9.47 Å². The summed E-state index contributed by atoms with van der Waals surface area (Å²) in [5, 5.41) is 0.268. The lowest BCUT2D eigenvalue weighted by Crippen LogP contribution is -2.52. The lowest BCUT2D eigenvalue weighted by molar-refractivity contribution is -0.101.